The van der Waals surface area contributed by atoms with Crippen molar-refractivity contribution in [2.45, 2.75) is 71.0 Å². The molecule has 0 N–H and O–H groups in total. The van der Waals surface area contributed by atoms with Gasteiger partial charge >= 0.3 is 7.12 Å². The summed E-state index contributed by atoms with van der Waals surface area (Å²) in [5, 5.41) is 0. The lowest BCUT2D eigenvalue weighted by Gasteiger charge is -2.32. The van der Waals surface area contributed by atoms with Crippen molar-refractivity contribution in [1.82, 2.24) is 4.98 Å². The van der Waals surface area contributed by atoms with E-state index < -0.39 is 0 Å². The highest BCUT2D eigenvalue weighted by atomic mass is 16.7. The molecule has 1 saturated heterocycles. The van der Waals surface area contributed by atoms with Crippen molar-refractivity contribution in [3.05, 3.63) is 23.4 Å². The van der Waals surface area contributed by atoms with Crippen LogP contribution in [0.15, 0.2) is 12.3 Å². The zero-order valence-electron chi connectivity index (χ0n) is 13.4. The average molecular weight is 273 g/mol. The van der Waals surface area contributed by atoms with Gasteiger partial charge in [0, 0.05) is 6.20 Å². The van der Waals surface area contributed by atoms with Crippen LogP contribution in [0, 0.1) is 6.92 Å². The van der Waals surface area contributed by atoms with Crippen molar-refractivity contribution in [3.63, 3.8) is 0 Å². The van der Waals surface area contributed by atoms with E-state index >= 15 is 0 Å². The molecule has 0 spiro atoms. The lowest BCUT2D eigenvalue weighted by molar-refractivity contribution is 0.00578. The predicted molar refractivity (Wildman–Crippen MR) is 81.3 cm³/mol. The number of aryl methyl sites for hydroxylation is 1. The van der Waals surface area contributed by atoms with E-state index in [4.69, 9.17) is 9.31 Å². The summed E-state index contributed by atoms with van der Waals surface area (Å²) in [5.41, 5.74) is 3.11. The van der Waals surface area contributed by atoms with Gasteiger partial charge in [0.25, 0.3) is 0 Å². The first-order valence-electron chi connectivity index (χ1n) is 7.47. The molecule has 4 heteroatoms. The molecule has 2 heterocycles. The van der Waals surface area contributed by atoms with E-state index in [9.17, 15) is 0 Å². The summed E-state index contributed by atoms with van der Waals surface area (Å²) in [6.45, 7) is 12.7. The van der Waals surface area contributed by atoms with Crippen LogP contribution in [0.1, 0.15) is 58.6 Å². The normalized spacial score (nSPS) is 25.8. The minimum Gasteiger partial charge on any atom is -0.398 e. The van der Waals surface area contributed by atoms with Crippen molar-refractivity contribution in [3.8, 4) is 0 Å². The van der Waals surface area contributed by atoms with Gasteiger partial charge in [-0.15, -0.1) is 0 Å². The van der Waals surface area contributed by atoms with Gasteiger partial charge in [-0.05, 0) is 64.0 Å². The lowest BCUT2D eigenvalue weighted by Crippen LogP contribution is -2.41. The van der Waals surface area contributed by atoms with Crippen LogP contribution >= 0.6 is 0 Å². The maximum absolute atomic E-state index is 6.17. The van der Waals surface area contributed by atoms with E-state index in [1.54, 1.807) is 0 Å². The van der Waals surface area contributed by atoms with Crippen LogP contribution in [-0.2, 0) is 14.7 Å². The van der Waals surface area contributed by atoms with E-state index in [0.717, 1.165) is 5.59 Å². The summed E-state index contributed by atoms with van der Waals surface area (Å²) in [4.78, 5) is 4.65. The Hall–Kier alpha value is -0.865. The van der Waals surface area contributed by atoms with Gasteiger partial charge in [0.15, 0.2) is 0 Å². The molecule has 3 nitrogen and oxygen atoms in total. The highest BCUT2D eigenvalue weighted by Gasteiger charge is 2.54. The minimum atomic E-state index is -0.354. The Morgan fingerprint density at radius 1 is 1.05 bits per heavy atom. The van der Waals surface area contributed by atoms with Crippen LogP contribution in [-0.4, -0.2) is 23.3 Å². The predicted octanol–water partition coefficient (Wildman–Crippen LogP) is 2.74. The summed E-state index contributed by atoms with van der Waals surface area (Å²) in [5.74, 6) is 0. The van der Waals surface area contributed by atoms with Gasteiger partial charge in [0.2, 0.25) is 0 Å². The molecule has 1 aromatic rings. The SMILES string of the molecule is Cc1cnc(B2OC(C)(C)C(C)(C)O2)c(C2(C)CC2)c1. The number of hydrogen-bond donors (Lipinski definition) is 0. The number of aromatic nitrogens is 1. The topological polar surface area (TPSA) is 31.4 Å². The molecular formula is C16H24BNO2. The molecule has 2 aliphatic rings. The standard InChI is InChI=1S/C16H24BNO2/c1-11-9-12(16(6)7-8-16)13(18-10-11)17-19-14(2,3)15(4,5)20-17/h9-10H,7-8H2,1-6H3. The summed E-state index contributed by atoms with van der Waals surface area (Å²) in [6.07, 6.45) is 4.37. The van der Waals surface area contributed by atoms with E-state index in [0.29, 0.717) is 0 Å². The van der Waals surface area contributed by atoms with Crippen molar-refractivity contribution < 1.29 is 9.31 Å². The molecule has 0 amide bonds. The third-order valence-electron chi connectivity index (χ3n) is 5.18. The third kappa shape index (κ3) is 2.10. The highest BCUT2D eigenvalue weighted by molar-refractivity contribution is 6.61. The van der Waals surface area contributed by atoms with Gasteiger partial charge in [-0.25, -0.2) is 0 Å². The smallest absolute Gasteiger partial charge is 0.398 e. The number of nitrogens with zero attached hydrogens (tertiary/aromatic N) is 1. The second-order valence-electron chi connectivity index (χ2n) is 7.59. The summed E-state index contributed by atoms with van der Waals surface area (Å²) >= 11 is 0. The zero-order chi connectivity index (χ0) is 14.8. The van der Waals surface area contributed by atoms with E-state index in [1.807, 2.05) is 6.20 Å². The molecule has 0 radical (unpaired) electrons. The van der Waals surface area contributed by atoms with Crippen LogP contribution in [0.2, 0.25) is 0 Å². The first-order valence-corrected chi connectivity index (χ1v) is 7.47. The fourth-order valence-electron chi connectivity index (χ4n) is 2.66. The summed E-state index contributed by atoms with van der Waals surface area (Å²) in [6, 6.07) is 2.25. The summed E-state index contributed by atoms with van der Waals surface area (Å²) < 4.78 is 12.3. The molecule has 0 unspecified atom stereocenters. The monoisotopic (exact) mass is 273 g/mol. The van der Waals surface area contributed by atoms with Gasteiger partial charge in [-0.1, -0.05) is 13.0 Å². The molecule has 108 valence electrons. The molecule has 0 bridgehead atoms. The number of rotatable bonds is 2. The Kier molecular flexibility index (Phi) is 2.87. The maximum Gasteiger partial charge on any atom is 0.514 e. The van der Waals surface area contributed by atoms with E-state index in [2.05, 4.69) is 52.6 Å². The van der Waals surface area contributed by atoms with Crippen LogP contribution < -0.4 is 5.59 Å². The first kappa shape index (κ1) is 14.1. The van der Waals surface area contributed by atoms with Crippen LogP contribution in [0.4, 0.5) is 0 Å². The van der Waals surface area contributed by atoms with Crippen LogP contribution in [0.25, 0.3) is 0 Å². The second kappa shape index (κ2) is 4.08. The van der Waals surface area contributed by atoms with Crippen molar-refractivity contribution >= 4 is 12.7 Å². The quantitative estimate of drug-likeness (QED) is 0.776. The van der Waals surface area contributed by atoms with Crippen LogP contribution in [0.3, 0.4) is 0 Å². The van der Waals surface area contributed by atoms with Gasteiger partial charge in [0.05, 0.1) is 16.8 Å². The summed E-state index contributed by atoms with van der Waals surface area (Å²) in [7, 11) is -0.354. The van der Waals surface area contributed by atoms with Gasteiger partial charge in [-0.2, -0.15) is 0 Å². The van der Waals surface area contributed by atoms with Gasteiger partial charge in [-0.3, -0.25) is 4.98 Å². The molecule has 3 rings (SSSR count). The molecular weight excluding hydrogens is 249 g/mol. The molecule has 1 aromatic heterocycles. The first-order chi connectivity index (χ1) is 9.15. The number of pyridine rings is 1. The molecule has 1 saturated carbocycles. The average Bonchev–Trinajstić information content (AvgIpc) is 3.02. The third-order valence-corrected chi connectivity index (χ3v) is 5.18. The van der Waals surface area contributed by atoms with E-state index in [1.165, 1.54) is 24.0 Å². The van der Waals surface area contributed by atoms with Gasteiger partial charge in [0.1, 0.15) is 0 Å². The molecule has 1 aliphatic heterocycles. The Bertz CT molecular complexity index is 533. The lowest BCUT2D eigenvalue weighted by atomic mass is 9.76. The Morgan fingerprint density at radius 3 is 2.10 bits per heavy atom. The van der Waals surface area contributed by atoms with Crippen molar-refractivity contribution in [1.29, 1.82) is 0 Å². The fraction of sp³-hybridized carbons (Fsp3) is 0.688. The van der Waals surface area contributed by atoms with Crippen LogP contribution in [0.5, 0.6) is 0 Å². The molecule has 1 aliphatic carbocycles. The van der Waals surface area contributed by atoms with Crippen molar-refractivity contribution in [2.75, 3.05) is 0 Å². The van der Waals surface area contributed by atoms with E-state index in [-0.39, 0.29) is 23.7 Å². The molecule has 0 aromatic carbocycles. The van der Waals surface area contributed by atoms with Crippen molar-refractivity contribution in [2.24, 2.45) is 0 Å². The Labute approximate surface area is 122 Å². The highest BCUT2D eigenvalue weighted by Crippen LogP contribution is 2.47. The fourth-order valence-corrected chi connectivity index (χ4v) is 2.66. The Balaban J connectivity index is 2.00. The maximum atomic E-state index is 6.17. The second-order valence-corrected chi connectivity index (χ2v) is 7.59. The number of hydrogen-bond acceptors (Lipinski definition) is 3. The zero-order valence-corrected chi connectivity index (χ0v) is 13.4. The molecule has 20 heavy (non-hydrogen) atoms. The molecule has 2 fully saturated rings. The molecule has 0 atom stereocenters. The Morgan fingerprint density at radius 2 is 1.60 bits per heavy atom. The minimum absolute atomic E-state index is 0.262. The van der Waals surface area contributed by atoms with Gasteiger partial charge < -0.3 is 9.31 Å². The largest absolute Gasteiger partial charge is 0.514 e.